The Morgan fingerprint density at radius 3 is 2.12 bits per heavy atom. The third-order valence-electron chi connectivity index (χ3n) is 4.82. The number of fused-ring (bicyclic) bond motifs is 1. The molecule has 0 radical (unpaired) electrons. The molecule has 1 aliphatic carbocycles. The number of aliphatic hydroxyl groups excluding tert-OH is 1. The molecule has 1 aliphatic rings. The van der Waals surface area contributed by atoms with E-state index in [4.69, 9.17) is 5.11 Å². The Bertz CT molecular complexity index is 548. The lowest BCUT2D eigenvalue weighted by Gasteiger charge is -2.06. The van der Waals surface area contributed by atoms with E-state index in [-0.39, 0.29) is 0 Å². The van der Waals surface area contributed by atoms with E-state index in [1.807, 2.05) is 24.3 Å². The summed E-state index contributed by atoms with van der Waals surface area (Å²) >= 11 is 0. The average Bonchev–Trinajstić information content (AvgIpc) is 2.89. The number of carboxylic acids is 1. The zero-order chi connectivity index (χ0) is 17.2. The predicted octanol–water partition coefficient (Wildman–Crippen LogP) is 5.49. The Morgan fingerprint density at radius 2 is 1.46 bits per heavy atom. The lowest BCUT2D eigenvalue weighted by molar-refractivity contribution is -0.137. The van der Waals surface area contributed by atoms with E-state index >= 15 is 0 Å². The van der Waals surface area contributed by atoms with Crippen LogP contribution in [0.15, 0.2) is 30.3 Å². The standard InChI is InChI=1S/C21H30O3/c22-20-16-17(18-13-10-11-14-19(18)20)12-8-6-4-2-1-3-5-7-9-15-21(23)24/h10-11,13-14,16,20,22H,1-9,12,15H2,(H,23,24). The van der Waals surface area contributed by atoms with Crippen LogP contribution in [-0.4, -0.2) is 16.2 Å². The van der Waals surface area contributed by atoms with Crippen molar-refractivity contribution in [2.24, 2.45) is 0 Å². The second-order valence-electron chi connectivity index (χ2n) is 6.80. The second-order valence-corrected chi connectivity index (χ2v) is 6.80. The van der Waals surface area contributed by atoms with E-state index in [2.05, 4.69) is 6.07 Å². The van der Waals surface area contributed by atoms with Crippen molar-refractivity contribution < 1.29 is 15.0 Å². The molecular formula is C21H30O3. The van der Waals surface area contributed by atoms with Gasteiger partial charge in [0, 0.05) is 6.42 Å². The van der Waals surface area contributed by atoms with Crippen molar-refractivity contribution in [3.05, 3.63) is 41.5 Å². The number of aliphatic carboxylic acids is 1. The van der Waals surface area contributed by atoms with Crippen LogP contribution < -0.4 is 0 Å². The molecule has 0 saturated carbocycles. The van der Waals surface area contributed by atoms with E-state index in [0.29, 0.717) is 6.42 Å². The van der Waals surface area contributed by atoms with Crippen LogP contribution in [0.25, 0.3) is 5.57 Å². The number of allylic oxidation sites excluding steroid dienone is 1. The maximum absolute atomic E-state index is 10.4. The van der Waals surface area contributed by atoms with Gasteiger partial charge in [0.15, 0.2) is 0 Å². The second kappa shape index (κ2) is 10.3. The summed E-state index contributed by atoms with van der Waals surface area (Å²) in [5.41, 5.74) is 3.58. The largest absolute Gasteiger partial charge is 0.481 e. The number of benzene rings is 1. The van der Waals surface area contributed by atoms with Gasteiger partial charge in [0.2, 0.25) is 0 Å². The van der Waals surface area contributed by atoms with Crippen molar-refractivity contribution in [2.75, 3.05) is 0 Å². The van der Waals surface area contributed by atoms with E-state index in [9.17, 15) is 9.90 Å². The van der Waals surface area contributed by atoms with Crippen LogP contribution in [0.3, 0.4) is 0 Å². The number of aliphatic hydroxyl groups is 1. The maximum Gasteiger partial charge on any atom is 0.303 e. The average molecular weight is 330 g/mol. The van der Waals surface area contributed by atoms with Gasteiger partial charge in [-0.1, -0.05) is 69.2 Å². The Balaban J connectivity index is 1.48. The molecule has 1 unspecified atom stereocenters. The van der Waals surface area contributed by atoms with Gasteiger partial charge in [-0.25, -0.2) is 0 Å². The third kappa shape index (κ3) is 6.12. The van der Waals surface area contributed by atoms with Crippen LogP contribution in [-0.2, 0) is 4.79 Å². The van der Waals surface area contributed by atoms with E-state index in [1.165, 1.54) is 49.7 Å². The van der Waals surface area contributed by atoms with Gasteiger partial charge < -0.3 is 10.2 Å². The number of carboxylic acid groups (broad SMARTS) is 1. The predicted molar refractivity (Wildman–Crippen MR) is 97.8 cm³/mol. The summed E-state index contributed by atoms with van der Waals surface area (Å²) in [7, 11) is 0. The maximum atomic E-state index is 10.4. The number of hydrogen-bond donors (Lipinski definition) is 2. The van der Waals surface area contributed by atoms with Crippen molar-refractivity contribution in [1.82, 2.24) is 0 Å². The van der Waals surface area contributed by atoms with Gasteiger partial charge in [-0.3, -0.25) is 4.79 Å². The molecule has 3 heteroatoms. The van der Waals surface area contributed by atoms with Crippen molar-refractivity contribution >= 4 is 11.5 Å². The van der Waals surface area contributed by atoms with Crippen LogP contribution in [0, 0.1) is 0 Å². The van der Waals surface area contributed by atoms with Gasteiger partial charge in [0.1, 0.15) is 0 Å². The van der Waals surface area contributed by atoms with E-state index in [1.54, 1.807) is 0 Å². The molecule has 0 spiro atoms. The monoisotopic (exact) mass is 330 g/mol. The third-order valence-corrected chi connectivity index (χ3v) is 4.82. The molecule has 3 nitrogen and oxygen atoms in total. The molecule has 0 fully saturated rings. The minimum atomic E-state index is -0.678. The Kier molecular flexibility index (Phi) is 8.03. The lowest BCUT2D eigenvalue weighted by atomic mass is 9.99. The van der Waals surface area contributed by atoms with Gasteiger partial charge in [-0.15, -0.1) is 0 Å². The van der Waals surface area contributed by atoms with E-state index in [0.717, 1.165) is 31.2 Å². The fourth-order valence-corrected chi connectivity index (χ4v) is 3.46. The van der Waals surface area contributed by atoms with Gasteiger partial charge in [-0.05, 0) is 42.0 Å². The minimum Gasteiger partial charge on any atom is -0.481 e. The first-order valence-corrected chi connectivity index (χ1v) is 9.38. The molecular weight excluding hydrogens is 300 g/mol. The van der Waals surface area contributed by atoms with Crippen LogP contribution in [0.4, 0.5) is 0 Å². The molecule has 132 valence electrons. The first kappa shape index (κ1) is 18.7. The molecule has 1 atom stereocenters. The molecule has 0 saturated heterocycles. The first-order chi connectivity index (χ1) is 11.7. The Hall–Kier alpha value is -1.61. The summed E-state index contributed by atoms with van der Waals surface area (Å²) in [4.78, 5) is 10.4. The Labute approximate surface area is 145 Å². The van der Waals surface area contributed by atoms with Crippen LogP contribution in [0.5, 0.6) is 0 Å². The number of carbonyl (C=O) groups is 1. The highest BCUT2D eigenvalue weighted by Crippen LogP contribution is 2.36. The fourth-order valence-electron chi connectivity index (χ4n) is 3.46. The molecule has 0 aromatic heterocycles. The van der Waals surface area contributed by atoms with E-state index < -0.39 is 12.1 Å². The van der Waals surface area contributed by atoms with Crippen molar-refractivity contribution in [3.63, 3.8) is 0 Å². The van der Waals surface area contributed by atoms with Gasteiger partial charge >= 0.3 is 5.97 Å². The van der Waals surface area contributed by atoms with Crippen molar-refractivity contribution in [3.8, 4) is 0 Å². The van der Waals surface area contributed by atoms with Gasteiger partial charge in [0.05, 0.1) is 6.10 Å². The lowest BCUT2D eigenvalue weighted by Crippen LogP contribution is -1.93. The molecule has 24 heavy (non-hydrogen) atoms. The van der Waals surface area contributed by atoms with Gasteiger partial charge in [-0.2, -0.15) is 0 Å². The summed E-state index contributed by atoms with van der Waals surface area (Å²) in [5.74, 6) is -0.678. The normalized spacial score (nSPS) is 16.0. The SMILES string of the molecule is O=C(O)CCCCCCCCCCCC1=CC(O)c2ccccc21. The van der Waals surface area contributed by atoms with Gasteiger partial charge in [0.25, 0.3) is 0 Å². The molecule has 2 rings (SSSR count). The number of rotatable bonds is 12. The van der Waals surface area contributed by atoms with Crippen LogP contribution >= 0.6 is 0 Å². The van der Waals surface area contributed by atoms with Crippen molar-refractivity contribution in [1.29, 1.82) is 0 Å². The van der Waals surface area contributed by atoms with Crippen molar-refractivity contribution in [2.45, 2.75) is 76.7 Å². The van der Waals surface area contributed by atoms with Crippen LogP contribution in [0.1, 0.15) is 87.9 Å². The Morgan fingerprint density at radius 1 is 0.875 bits per heavy atom. The molecule has 1 aromatic rings. The minimum absolute atomic E-state index is 0.313. The zero-order valence-corrected chi connectivity index (χ0v) is 14.5. The molecule has 0 bridgehead atoms. The summed E-state index contributed by atoms with van der Waals surface area (Å²) in [6.07, 6.45) is 13.4. The summed E-state index contributed by atoms with van der Waals surface area (Å²) in [6.45, 7) is 0. The summed E-state index contributed by atoms with van der Waals surface area (Å²) in [5, 5.41) is 18.6. The molecule has 0 amide bonds. The molecule has 0 heterocycles. The number of hydrogen-bond acceptors (Lipinski definition) is 2. The summed E-state index contributed by atoms with van der Waals surface area (Å²) < 4.78 is 0. The van der Waals surface area contributed by atoms with Crippen LogP contribution in [0.2, 0.25) is 0 Å². The topological polar surface area (TPSA) is 57.5 Å². The molecule has 0 aliphatic heterocycles. The smallest absolute Gasteiger partial charge is 0.303 e. The first-order valence-electron chi connectivity index (χ1n) is 9.38. The highest BCUT2D eigenvalue weighted by molar-refractivity contribution is 5.74. The summed E-state index contributed by atoms with van der Waals surface area (Å²) in [6, 6.07) is 8.16. The molecule has 1 aromatic carbocycles. The number of unbranched alkanes of at least 4 members (excludes halogenated alkanes) is 8. The fraction of sp³-hybridized carbons (Fsp3) is 0.571. The highest BCUT2D eigenvalue weighted by atomic mass is 16.4. The zero-order valence-electron chi connectivity index (χ0n) is 14.5. The quantitative estimate of drug-likeness (QED) is 0.498. The highest BCUT2D eigenvalue weighted by Gasteiger charge is 2.19. The molecule has 2 N–H and O–H groups in total.